The van der Waals surface area contributed by atoms with Crippen LogP contribution in [-0.2, 0) is 0 Å². The maximum atomic E-state index is 12.8. The summed E-state index contributed by atoms with van der Waals surface area (Å²) in [4.78, 5) is 0. The van der Waals surface area contributed by atoms with Crippen molar-refractivity contribution in [2.45, 2.75) is 39.3 Å². The van der Waals surface area contributed by atoms with Gasteiger partial charge in [-0.3, -0.25) is 0 Å². The number of rotatable bonds is 6. The van der Waals surface area contributed by atoms with Crippen molar-refractivity contribution >= 4 is 0 Å². The quantitative estimate of drug-likeness (QED) is 0.467. The van der Waals surface area contributed by atoms with E-state index in [0.717, 1.165) is 24.8 Å². The van der Waals surface area contributed by atoms with Gasteiger partial charge in [0.1, 0.15) is 0 Å². The molecule has 0 aromatic heterocycles. The third kappa shape index (κ3) is 5.53. The van der Waals surface area contributed by atoms with E-state index in [1.165, 1.54) is 0 Å². The van der Waals surface area contributed by atoms with Gasteiger partial charge in [0.15, 0.2) is 0 Å². The van der Waals surface area contributed by atoms with Crippen molar-refractivity contribution in [1.82, 2.24) is 0 Å². The Balaban J connectivity index is 3.79. The Morgan fingerprint density at radius 2 is 2.21 bits per heavy atom. The highest BCUT2D eigenvalue weighted by Gasteiger charge is 2.09. The Labute approximate surface area is 85.9 Å². The molecule has 0 aromatic carbocycles. The van der Waals surface area contributed by atoms with Crippen LogP contribution in [0.4, 0.5) is 4.39 Å². The summed E-state index contributed by atoms with van der Waals surface area (Å²) in [6.07, 6.45) is 4.98. The van der Waals surface area contributed by atoms with E-state index in [9.17, 15) is 4.39 Å². The van der Waals surface area contributed by atoms with Gasteiger partial charge in [-0.25, -0.2) is 4.39 Å². The molecule has 0 aliphatic rings. The molecule has 2 unspecified atom stereocenters. The van der Waals surface area contributed by atoms with E-state index < -0.39 is 6.17 Å². The molecule has 0 amide bonds. The minimum Gasteiger partial charge on any atom is -0.248 e. The molecule has 0 fully saturated rings. The average Bonchev–Trinajstić information content (AvgIpc) is 2.16. The highest BCUT2D eigenvalue weighted by molar-refractivity contribution is 5.24. The van der Waals surface area contributed by atoms with E-state index in [-0.39, 0.29) is 5.92 Å². The maximum Gasteiger partial charge on any atom is 0.0998 e. The number of alkyl halides is 1. The highest BCUT2D eigenvalue weighted by Crippen LogP contribution is 2.16. The third-order valence-corrected chi connectivity index (χ3v) is 2.35. The summed E-state index contributed by atoms with van der Waals surface area (Å²) in [5, 5.41) is 8.69. The standard InChI is InChI=1S/C12H18FN/c1-4-6-12(9-14)8-5-7-10(2)11(3)13/h4,6,10-11H,1,5,7-8H2,2-3H3/b12-6+. The van der Waals surface area contributed by atoms with Crippen LogP contribution in [0.5, 0.6) is 0 Å². The first kappa shape index (κ1) is 12.9. The van der Waals surface area contributed by atoms with Gasteiger partial charge in [0, 0.05) is 5.57 Å². The summed E-state index contributed by atoms with van der Waals surface area (Å²) < 4.78 is 12.8. The second kappa shape index (κ2) is 7.32. The number of allylic oxidation sites excluding steroid dienone is 3. The van der Waals surface area contributed by atoms with Crippen molar-refractivity contribution in [3.8, 4) is 6.07 Å². The maximum absolute atomic E-state index is 12.8. The fourth-order valence-electron chi connectivity index (χ4n) is 1.16. The lowest BCUT2D eigenvalue weighted by Crippen LogP contribution is -2.07. The van der Waals surface area contributed by atoms with E-state index in [1.807, 2.05) is 6.92 Å². The van der Waals surface area contributed by atoms with Gasteiger partial charge in [-0.1, -0.05) is 19.6 Å². The molecule has 2 atom stereocenters. The van der Waals surface area contributed by atoms with Gasteiger partial charge in [-0.15, -0.1) is 0 Å². The van der Waals surface area contributed by atoms with Gasteiger partial charge < -0.3 is 0 Å². The number of nitriles is 1. The fourth-order valence-corrected chi connectivity index (χ4v) is 1.16. The van der Waals surface area contributed by atoms with Crippen LogP contribution in [0.2, 0.25) is 0 Å². The van der Waals surface area contributed by atoms with Crippen molar-refractivity contribution < 1.29 is 4.39 Å². The lowest BCUT2D eigenvalue weighted by molar-refractivity contribution is 0.250. The number of hydrogen-bond acceptors (Lipinski definition) is 1. The first-order valence-corrected chi connectivity index (χ1v) is 4.97. The second-order valence-corrected chi connectivity index (χ2v) is 3.59. The number of hydrogen-bond donors (Lipinski definition) is 0. The minimum absolute atomic E-state index is 0.0821. The van der Waals surface area contributed by atoms with Crippen LogP contribution < -0.4 is 0 Å². The van der Waals surface area contributed by atoms with Crippen LogP contribution in [0.3, 0.4) is 0 Å². The van der Waals surface area contributed by atoms with Crippen LogP contribution >= 0.6 is 0 Å². The predicted octanol–water partition coefficient (Wildman–Crippen LogP) is 3.79. The smallest absolute Gasteiger partial charge is 0.0998 e. The zero-order chi connectivity index (χ0) is 11.0. The van der Waals surface area contributed by atoms with Crippen molar-refractivity contribution in [3.05, 3.63) is 24.3 Å². The van der Waals surface area contributed by atoms with Crippen LogP contribution in [0.1, 0.15) is 33.1 Å². The molecule has 14 heavy (non-hydrogen) atoms. The molecule has 0 aliphatic carbocycles. The number of nitrogens with zero attached hydrogens (tertiary/aromatic N) is 1. The van der Waals surface area contributed by atoms with E-state index >= 15 is 0 Å². The molecule has 0 saturated carbocycles. The molecule has 1 nitrogen and oxygen atoms in total. The molecule has 0 bridgehead atoms. The van der Waals surface area contributed by atoms with Gasteiger partial charge in [-0.05, 0) is 38.2 Å². The molecule has 0 N–H and O–H groups in total. The molecule has 78 valence electrons. The Bertz CT molecular complexity index is 235. The van der Waals surface area contributed by atoms with E-state index in [4.69, 9.17) is 5.26 Å². The lowest BCUT2D eigenvalue weighted by Gasteiger charge is -2.11. The first-order chi connectivity index (χ1) is 6.61. The van der Waals surface area contributed by atoms with Crippen LogP contribution in [0.25, 0.3) is 0 Å². The lowest BCUT2D eigenvalue weighted by atomic mass is 9.98. The monoisotopic (exact) mass is 195 g/mol. The Kier molecular flexibility index (Phi) is 6.74. The Morgan fingerprint density at radius 1 is 1.57 bits per heavy atom. The molecule has 0 saturated heterocycles. The summed E-state index contributed by atoms with van der Waals surface area (Å²) in [6.45, 7) is 7.01. The SMILES string of the molecule is C=C/C=C(/C#N)CCCC(C)C(C)F. The van der Waals surface area contributed by atoms with Crippen molar-refractivity contribution in [1.29, 1.82) is 5.26 Å². The summed E-state index contributed by atoms with van der Waals surface area (Å²) in [6, 6.07) is 2.10. The normalized spacial score (nSPS) is 15.7. The van der Waals surface area contributed by atoms with Crippen LogP contribution in [-0.4, -0.2) is 6.17 Å². The number of halogens is 1. The highest BCUT2D eigenvalue weighted by atomic mass is 19.1. The van der Waals surface area contributed by atoms with Gasteiger partial charge in [0.25, 0.3) is 0 Å². The third-order valence-electron chi connectivity index (χ3n) is 2.35. The summed E-state index contributed by atoms with van der Waals surface area (Å²) in [5.41, 5.74) is 0.721. The Hall–Kier alpha value is -1.10. The van der Waals surface area contributed by atoms with Crippen molar-refractivity contribution in [2.24, 2.45) is 5.92 Å². The molecule has 2 heteroatoms. The predicted molar refractivity (Wildman–Crippen MR) is 57.5 cm³/mol. The fraction of sp³-hybridized carbons (Fsp3) is 0.583. The summed E-state index contributed by atoms with van der Waals surface area (Å²) in [7, 11) is 0. The molecule has 0 rings (SSSR count). The first-order valence-electron chi connectivity index (χ1n) is 4.97. The van der Waals surface area contributed by atoms with Crippen LogP contribution in [0, 0.1) is 17.2 Å². The molecular weight excluding hydrogens is 177 g/mol. The minimum atomic E-state index is -0.760. The van der Waals surface area contributed by atoms with E-state index in [0.29, 0.717) is 0 Å². The molecule has 0 radical (unpaired) electrons. The molecule has 0 heterocycles. The second-order valence-electron chi connectivity index (χ2n) is 3.59. The van der Waals surface area contributed by atoms with E-state index in [2.05, 4.69) is 12.6 Å². The van der Waals surface area contributed by atoms with Gasteiger partial charge in [-0.2, -0.15) is 5.26 Å². The van der Waals surface area contributed by atoms with Crippen molar-refractivity contribution in [2.75, 3.05) is 0 Å². The molecule has 0 aromatic rings. The summed E-state index contributed by atoms with van der Waals surface area (Å²) in [5.74, 6) is 0.0821. The van der Waals surface area contributed by atoms with Crippen molar-refractivity contribution in [3.63, 3.8) is 0 Å². The Morgan fingerprint density at radius 3 is 2.64 bits per heavy atom. The average molecular weight is 195 g/mol. The largest absolute Gasteiger partial charge is 0.248 e. The van der Waals surface area contributed by atoms with Gasteiger partial charge in [0.05, 0.1) is 12.2 Å². The van der Waals surface area contributed by atoms with E-state index in [1.54, 1.807) is 19.1 Å². The molecular formula is C12H18FN. The molecule has 0 spiro atoms. The van der Waals surface area contributed by atoms with Gasteiger partial charge >= 0.3 is 0 Å². The zero-order valence-electron chi connectivity index (χ0n) is 8.96. The topological polar surface area (TPSA) is 23.8 Å². The van der Waals surface area contributed by atoms with Crippen LogP contribution in [0.15, 0.2) is 24.3 Å². The summed E-state index contributed by atoms with van der Waals surface area (Å²) >= 11 is 0. The molecule has 0 aliphatic heterocycles. The zero-order valence-corrected chi connectivity index (χ0v) is 8.96. The van der Waals surface area contributed by atoms with Gasteiger partial charge in [0.2, 0.25) is 0 Å².